The summed E-state index contributed by atoms with van der Waals surface area (Å²) in [6.45, 7) is 1.01. The monoisotopic (exact) mass is 255 g/mol. The van der Waals surface area contributed by atoms with Crippen molar-refractivity contribution in [2.75, 3.05) is 18.9 Å². The minimum atomic E-state index is -0.460. The van der Waals surface area contributed by atoms with Gasteiger partial charge in [-0.25, -0.2) is 4.79 Å². The van der Waals surface area contributed by atoms with E-state index in [1.54, 1.807) is 12.1 Å². The Bertz CT molecular complexity index is 416. The van der Waals surface area contributed by atoms with E-state index < -0.39 is 5.97 Å². The molecule has 92 valence electrons. The lowest BCUT2D eigenvalue weighted by Gasteiger charge is -2.11. The standard InChI is InChI=1S/C12H14ClNO3/c13-11-4-3-8(14)6-10(11)12(15)17-7-9-2-1-5-16-9/h3-4,6,9H,1-2,5,7,14H2. The molecular formula is C12H14ClNO3. The molecule has 1 aromatic carbocycles. The zero-order valence-electron chi connectivity index (χ0n) is 9.32. The number of hydrogen-bond donors (Lipinski definition) is 1. The SMILES string of the molecule is Nc1ccc(Cl)c(C(=O)OCC2CCCO2)c1. The number of esters is 1. The van der Waals surface area contributed by atoms with E-state index in [2.05, 4.69) is 0 Å². The van der Waals surface area contributed by atoms with Crippen LogP contribution in [0.15, 0.2) is 18.2 Å². The summed E-state index contributed by atoms with van der Waals surface area (Å²) < 4.78 is 10.5. The number of halogens is 1. The van der Waals surface area contributed by atoms with Crippen molar-refractivity contribution < 1.29 is 14.3 Å². The highest BCUT2D eigenvalue weighted by Gasteiger charge is 2.19. The summed E-state index contributed by atoms with van der Waals surface area (Å²) in [5, 5.41) is 0.344. The third-order valence-electron chi connectivity index (χ3n) is 2.63. The lowest BCUT2D eigenvalue weighted by atomic mass is 10.2. The molecule has 1 saturated heterocycles. The number of hydrogen-bond acceptors (Lipinski definition) is 4. The maximum Gasteiger partial charge on any atom is 0.339 e. The second kappa shape index (κ2) is 5.38. The zero-order valence-corrected chi connectivity index (χ0v) is 10.1. The van der Waals surface area contributed by atoms with Gasteiger partial charge in [0, 0.05) is 12.3 Å². The molecule has 0 saturated carbocycles. The van der Waals surface area contributed by atoms with E-state index in [0.29, 0.717) is 16.3 Å². The maximum atomic E-state index is 11.8. The van der Waals surface area contributed by atoms with Crippen molar-refractivity contribution in [3.05, 3.63) is 28.8 Å². The Hall–Kier alpha value is -1.26. The molecule has 1 aliphatic heterocycles. The van der Waals surface area contributed by atoms with Gasteiger partial charge in [0.25, 0.3) is 0 Å². The summed E-state index contributed by atoms with van der Waals surface area (Å²) in [5.41, 5.74) is 6.37. The van der Waals surface area contributed by atoms with E-state index in [0.717, 1.165) is 19.4 Å². The average Bonchev–Trinajstić information content (AvgIpc) is 2.82. The first-order valence-electron chi connectivity index (χ1n) is 5.50. The van der Waals surface area contributed by atoms with Gasteiger partial charge in [-0.1, -0.05) is 11.6 Å². The van der Waals surface area contributed by atoms with Gasteiger partial charge in [0.2, 0.25) is 0 Å². The van der Waals surface area contributed by atoms with Crippen LogP contribution in [0.5, 0.6) is 0 Å². The van der Waals surface area contributed by atoms with E-state index in [-0.39, 0.29) is 12.7 Å². The van der Waals surface area contributed by atoms with Crippen molar-refractivity contribution in [3.63, 3.8) is 0 Å². The van der Waals surface area contributed by atoms with Gasteiger partial charge in [0.1, 0.15) is 6.61 Å². The van der Waals surface area contributed by atoms with Crippen LogP contribution in [0.1, 0.15) is 23.2 Å². The van der Waals surface area contributed by atoms with E-state index in [1.165, 1.54) is 6.07 Å². The Morgan fingerprint density at radius 2 is 2.41 bits per heavy atom. The highest BCUT2D eigenvalue weighted by atomic mass is 35.5. The maximum absolute atomic E-state index is 11.8. The molecule has 1 atom stereocenters. The number of benzene rings is 1. The Morgan fingerprint density at radius 1 is 1.59 bits per heavy atom. The number of carbonyl (C=O) groups excluding carboxylic acids is 1. The van der Waals surface area contributed by atoms with Crippen LogP contribution in [0, 0.1) is 0 Å². The summed E-state index contributed by atoms with van der Waals surface area (Å²) in [6, 6.07) is 4.74. The first-order valence-corrected chi connectivity index (χ1v) is 5.88. The van der Waals surface area contributed by atoms with Crippen LogP contribution in [-0.4, -0.2) is 25.3 Å². The Kier molecular flexibility index (Phi) is 3.86. The molecular weight excluding hydrogens is 242 g/mol. The lowest BCUT2D eigenvalue weighted by molar-refractivity contribution is 0.0161. The van der Waals surface area contributed by atoms with Gasteiger partial charge in [0.05, 0.1) is 16.7 Å². The number of rotatable bonds is 3. The molecule has 0 radical (unpaired) electrons. The van der Waals surface area contributed by atoms with Crippen molar-refractivity contribution in [2.24, 2.45) is 0 Å². The molecule has 0 aromatic heterocycles. The molecule has 5 heteroatoms. The lowest BCUT2D eigenvalue weighted by Crippen LogP contribution is -2.18. The largest absolute Gasteiger partial charge is 0.459 e. The highest BCUT2D eigenvalue weighted by molar-refractivity contribution is 6.33. The fraction of sp³-hybridized carbons (Fsp3) is 0.417. The molecule has 1 heterocycles. The van der Waals surface area contributed by atoms with E-state index >= 15 is 0 Å². The van der Waals surface area contributed by atoms with E-state index in [4.69, 9.17) is 26.8 Å². The Labute approximate surface area is 105 Å². The van der Waals surface area contributed by atoms with Gasteiger partial charge in [-0.2, -0.15) is 0 Å². The van der Waals surface area contributed by atoms with Crippen molar-refractivity contribution in [1.29, 1.82) is 0 Å². The van der Waals surface area contributed by atoms with Crippen LogP contribution in [-0.2, 0) is 9.47 Å². The summed E-state index contributed by atoms with van der Waals surface area (Å²) in [5.74, 6) is -0.460. The van der Waals surface area contributed by atoms with Crippen molar-refractivity contribution in [2.45, 2.75) is 18.9 Å². The third kappa shape index (κ3) is 3.11. The fourth-order valence-electron chi connectivity index (χ4n) is 1.72. The molecule has 1 aromatic rings. The molecule has 1 aliphatic rings. The quantitative estimate of drug-likeness (QED) is 0.665. The first kappa shape index (κ1) is 12.2. The molecule has 1 unspecified atom stereocenters. The fourth-order valence-corrected chi connectivity index (χ4v) is 1.92. The molecule has 0 spiro atoms. The summed E-state index contributed by atoms with van der Waals surface area (Å²) in [4.78, 5) is 11.8. The van der Waals surface area contributed by atoms with Gasteiger partial charge in [-0.05, 0) is 31.0 Å². The molecule has 0 bridgehead atoms. The van der Waals surface area contributed by atoms with Gasteiger partial charge in [-0.3, -0.25) is 0 Å². The summed E-state index contributed by atoms with van der Waals surface area (Å²) in [6.07, 6.45) is 1.96. The smallest absolute Gasteiger partial charge is 0.339 e. The van der Waals surface area contributed by atoms with Gasteiger partial charge in [-0.15, -0.1) is 0 Å². The minimum absolute atomic E-state index is 0.0128. The summed E-state index contributed by atoms with van der Waals surface area (Å²) in [7, 11) is 0. The third-order valence-corrected chi connectivity index (χ3v) is 2.96. The number of ether oxygens (including phenoxy) is 2. The predicted molar refractivity (Wildman–Crippen MR) is 65.1 cm³/mol. The molecule has 1 fully saturated rings. The number of nitrogens with two attached hydrogens (primary N) is 1. The average molecular weight is 256 g/mol. The van der Waals surface area contributed by atoms with Crippen LogP contribution < -0.4 is 5.73 Å². The van der Waals surface area contributed by atoms with E-state index in [1.807, 2.05) is 0 Å². The first-order chi connectivity index (χ1) is 8.16. The van der Waals surface area contributed by atoms with E-state index in [9.17, 15) is 4.79 Å². The zero-order chi connectivity index (χ0) is 12.3. The number of nitrogen functional groups attached to an aromatic ring is 1. The predicted octanol–water partition coefficient (Wildman–Crippen LogP) is 2.26. The Balaban J connectivity index is 1.96. The highest BCUT2D eigenvalue weighted by Crippen LogP contribution is 2.20. The van der Waals surface area contributed by atoms with Crippen molar-refractivity contribution in [3.8, 4) is 0 Å². The normalized spacial score (nSPS) is 19.2. The molecule has 0 amide bonds. The van der Waals surface area contributed by atoms with Gasteiger partial charge in [0.15, 0.2) is 0 Å². The van der Waals surface area contributed by atoms with Crippen LogP contribution in [0.2, 0.25) is 5.02 Å². The molecule has 17 heavy (non-hydrogen) atoms. The summed E-state index contributed by atoms with van der Waals surface area (Å²) >= 11 is 5.90. The van der Waals surface area contributed by atoms with Crippen LogP contribution >= 0.6 is 11.6 Å². The molecule has 2 N–H and O–H groups in total. The van der Waals surface area contributed by atoms with Gasteiger partial charge < -0.3 is 15.2 Å². The molecule has 0 aliphatic carbocycles. The van der Waals surface area contributed by atoms with Crippen LogP contribution in [0.4, 0.5) is 5.69 Å². The number of carbonyl (C=O) groups is 1. The number of anilines is 1. The van der Waals surface area contributed by atoms with Crippen molar-refractivity contribution >= 4 is 23.3 Å². The minimum Gasteiger partial charge on any atom is -0.459 e. The van der Waals surface area contributed by atoms with Crippen molar-refractivity contribution in [1.82, 2.24) is 0 Å². The Morgan fingerprint density at radius 3 is 3.12 bits per heavy atom. The second-order valence-electron chi connectivity index (χ2n) is 3.97. The van der Waals surface area contributed by atoms with Gasteiger partial charge >= 0.3 is 5.97 Å². The van der Waals surface area contributed by atoms with Crippen LogP contribution in [0.3, 0.4) is 0 Å². The second-order valence-corrected chi connectivity index (χ2v) is 4.38. The topological polar surface area (TPSA) is 61.6 Å². The molecule has 4 nitrogen and oxygen atoms in total. The molecule has 2 rings (SSSR count). The van der Waals surface area contributed by atoms with Crippen LogP contribution in [0.25, 0.3) is 0 Å².